The fourth-order valence-corrected chi connectivity index (χ4v) is 2.76. The van der Waals surface area contributed by atoms with Gasteiger partial charge in [0.25, 0.3) is 0 Å². The van der Waals surface area contributed by atoms with Crippen LogP contribution in [0.1, 0.15) is 40.0 Å². The zero-order chi connectivity index (χ0) is 15.5. The standard InChI is InChI=1S/C13H27BN2O4/c1-13(2,3)20-12(17)15-9-6-7-11(16(4)5)10(8-9)14(18)19/h9-11,18-19H,6-8H2,1-5H3,(H,15,17). The molecule has 0 aliphatic heterocycles. The molecule has 20 heavy (non-hydrogen) atoms. The van der Waals surface area contributed by atoms with E-state index < -0.39 is 18.8 Å². The van der Waals surface area contributed by atoms with Crippen LogP contribution in [0.2, 0.25) is 5.82 Å². The van der Waals surface area contributed by atoms with Gasteiger partial charge in [-0.1, -0.05) is 0 Å². The molecule has 1 saturated carbocycles. The van der Waals surface area contributed by atoms with E-state index in [1.54, 1.807) is 0 Å². The summed E-state index contributed by atoms with van der Waals surface area (Å²) in [6, 6.07) is 0.0412. The Labute approximate surface area is 121 Å². The van der Waals surface area contributed by atoms with E-state index in [1.807, 2.05) is 39.8 Å². The van der Waals surface area contributed by atoms with Crippen molar-refractivity contribution in [2.45, 2.75) is 63.5 Å². The number of nitrogens with one attached hydrogen (secondary N) is 1. The van der Waals surface area contributed by atoms with Crippen molar-refractivity contribution < 1.29 is 19.6 Å². The van der Waals surface area contributed by atoms with Crippen LogP contribution in [0.3, 0.4) is 0 Å². The number of carbonyl (C=O) groups excluding carboxylic acids is 1. The molecule has 0 aromatic rings. The number of amides is 1. The fourth-order valence-electron chi connectivity index (χ4n) is 2.76. The van der Waals surface area contributed by atoms with Gasteiger partial charge in [0.2, 0.25) is 0 Å². The van der Waals surface area contributed by atoms with Gasteiger partial charge in [0, 0.05) is 17.9 Å². The van der Waals surface area contributed by atoms with Crippen LogP contribution in [0.4, 0.5) is 4.79 Å². The molecule has 7 heteroatoms. The lowest BCUT2D eigenvalue weighted by Gasteiger charge is -2.39. The average molecular weight is 286 g/mol. The van der Waals surface area contributed by atoms with Crippen LogP contribution in [-0.2, 0) is 4.74 Å². The van der Waals surface area contributed by atoms with Gasteiger partial charge in [0.15, 0.2) is 0 Å². The highest BCUT2D eigenvalue weighted by atomic mass is 16.6. The van der Waals surface area contributed by atoms with Gasteiger partial charge in [-0.15, -0.1) is 0 Å². The number of carbonyl (C=O) groups is 1. The third-order valence-corrected chi connectivity index (χ3v) is 3.63. The molecule has 1 fully saturated rings. The average Bonchev–Trinajstić information content (AvgIpc) is 2.25. The van der Waals surface area contributed by atoms with Gasteiger partial charge in [-0.2, -0.15) is 0 Å². The van der Waals surface area contributed by atoms with E-state index >= 15 is 0 Å². The molecule has 1 amide bonds. The summed E-state index contributed by atoms with van der Waals surface area (Å²) in [6.45, 7) is 5.45. The lowest BCUT2D eigenvalue weighted by Crippen LogP contribution is -2.49. The first-order valence-electron chi connectivity index (χ1n) is 7.12. The first-order chi connectivity index (χ1) is 9.10. The van der Waals surface area contributed by atoms with E-state index in [4.69, 9.17) is 4.74 Å². The van der Waals surface area contributed by atoms with E-state index in [1.165, 1.54) is 0 Å². The molecule has 0 heterocycles. The highest BCUT2D eigenvalue weighted by molar-refractivity contribution is 6.43. The maximum absolute atomic E-state index is 11.8. The van der Waals surface area contributed by atoms with Gasteiger partial charge in [-0.3, -0.25) is 0 Å². The Balaban J connectivity index is 2.57. The van der Waals surface area contributed by atoms with Crippen LogP contribution < -0.4 is 5.32 Å². The summed E-state index contributed by atoms with van der Waals surface area (Å²) in [7, 11) is 2.49. The van der Waals surface area contributed by atoms with Crippen molar-refractivity contribution in [3.05, 3.63) is 0 Å². The van der Waals surface area contributed by atoms with Crippen molar-refractivity contribution in [1.29, 1.82) is 0 Å². The van der Waals surface area contributed by atoms with Gasteiger partial charge in [0.1, 0.15) is 5.60 Å². The summed E-state index contributed by atoms with van der Waals surface area (Å²) < 4.78 is 5.22. The van der Waals surface area contributed by atoms with Gasteiger partial charge in [0.05, 0.1) is 0 Å². The van der Waals surface area contributed by atoms with E-state index in [9.17, 15) is 14.8 Å². The number of rotatable bonds is 3. The normalized spacial score (nSPS) is 27.3. The maximum Gasteiger partial charge on any atom is 0.456 e. The third kappa shape index (κ3) is 5.30. The molecule has 0 saturated heterocycles. The van der Waals surface area contributed by atoms with Crippen molar-refractivity contribution >= 4 is 13.2 Å². The van der Waals surface area contributed by atoms with Crippen molar-refractivity contribution in [3.8, 4) is 0 Å². The molecule has 116 valence electrons. The highest BCUT2D eigenvalue weighted by Gasteiger charge is 2.39. The first kappa shape index (κ1) is 17.3. The van der Waals surface area contributed by atoms with Gasteiger partial charge < -0.3 is 25.0 Å². The Morgan fingerprint density at radius 1 is 1.30 bits per heavy atom. The third-order valence-electron chi connectivity index (χ3n) is 3.63. The Kier molecular flexibility index (Phi) is 5.85. The monoisotopic (exact) mass is 286 g/mol. The molecule has 0 aromatic heterocycles. The second kappa shape index (κ2) is 6.78. The molecule has 3 N–H and O–H groups in total. The van der Waals surface area contributed by atoms with E-state index in [0.29, 0.717) is 6.42 Å². The van der Waals surface area contributed by atoms with Crippen LogP contribution in [0.25, 0.3) is 0 Å². The Morgan fingerprint density at radius 3 is 2.35 bits per heavy atom. The maximum atomic E-state index is 11.8. The number of alkyl carbamates (subject to hydrolysis) is 1. The molecule has 1 rings (SSSR count). The minimum Gasteiger partial charge on any atom is -0.444 e. The van der Waals surface area contributed by atoms with Crippen molar-refractivity contribution in [2.75, 3.05) is 14.1 Å². The molecule has 3 atom stereocenters. The van der Waals surface area contributed by atoms with Crippen LogP contribution >= 0.6 is 0 Å². The van der Waals surface area contributed by atoms with Gasteiger partial charge in [-0.05, 0) is 54.1 Å². The minimum atomic E-state index is -1.37. The molecule has 1 aliphatic carbocycles. The second-order valence-corrected chi connectivity index (χ2v) is 6.76. The van der Waals surface area contributed by atoms with E-state index in [2.05, 4.69) is 5.32 Å². The quantitative estimate of drug-likeness (QED) is 0.670. The molecule has 6 nitrogen and oxygen atoms in total. The lowest BCUT2D eigenvalue weighted by atomic mass is 9.61. The first-order valence-corrected chi connectivity index (χ1v) is 7.12. The van der Waals surface area contributed by atoms with Crippen molar-refractivity contribution in [2.24, 2.45) is 0 Å². The Morgan fingerprint density at radius 2 is 1.90 bits per heavy atom. The Hall–Kier alpha value is -0.785. The van der Waals surface area contributed by atoms with Crippen LogP contribution in [0, 0.1) is 0 Å². The zero-order valence-electron chi connectivity index (χ0n) is 13.1. The summed E-state index contributed by atoms with van der Waals surface area (Å²) in [5.74, 6) is -0.265. The van der Waals surface area contributed by atoms with E-state index in [0.717, 1.165) is 12.8 Å². The highest BCUT2D eigenvalue weighted by Crippen LogP contribution is 2.33. The molecule has 1 aliphatic rings. The molecule has 0 radical (unpaired) electrons. The second-order valence-electron chi connectivity index (χ2n) is 6.76. The van der Waals surface area contributed by atoms with Crippen molar-refractivity contribution in [1.82, 2.24) is 10.2 Å². The summed E-state index contributed by atoms with van der Waals surface area (Å²) >= 11 is 0. The van der Waals surface area contributed by atoms with Crippen molar-refractivity contribution in [3.63, 3.8) is 0 Å². The zero-order valence-corrected chi connectivity index (χ0v) is 13.1. The smallest absolute Gasteiger partial charge is 0.444 e. The predicted octanol–water partition coefficient (Wildman–Crippen LogP) is 0.837. The number of hydrogen-bond acceptors (Lipinski definition) is 5. The Bertz CT molecular complexity index is 331. The van der Waals surface area contributed by atoms with Gasteiger partial charge in [-0.25, -0.2) is 4.79 Å². The molecule has 0 bridgehead atoms. The van der Waals surface area contributed by atoms with Gasteiger partial charge >= 0.3 is 13.2 Å². The largest absolute Gasteiger partial charge is 0.456 e. The van der Waals surface area contributed by atoms with Crippen LogP contribution in [0.15, 0.2) is 0 Å². The molecular formula is C13H27BN2O4. The summed E-state index contributed by atoms with van der Waals surface area (Å²) in [5.41, 5.74) is -0.527. The molecule has 0 aromatic carbocycles. The summed E-state index contributed by atoms with van der Waals surface area (Å²) in [5, 5.41) is 21.9. The number of nitrogens with zero attached hydrogens (tertiary/aromatic N) is 1. The topological polar surface area (TPSA) is 82.0 Å². The predicted molar refractivity (Wildman–Crippen MR) is 78.4 cm³/mol. The number of hydrogen-bond donors (Lipinski definition) is 3. The molecular weight excluding hydrogens is 259 g/mol. The SMILES string of the molecule is CN(C)C1CCC(NC(=O)OC(C)(C)C)CC1B(O)O. The molecule has 3 unspecified atom stereocenters. The summed E-state index contributed by atoms with van der Waals surface area (Å²) in [6.07, 6.45) is 1.72. The number of ether oxygens (including phenoxy) is 1. The lowest BCUT2D eigenvalue weighted by molar-refractivity contribution is 0.0479. The minimum absolute atomic E-state index is 0.0761. The van der Waals surface area contributed by atoms with E-state index in [-0.39, 0.29) is 17.9 Å². The van der Waals surface area contributed by atoms with Crippen LogP contribution in [-0.4, -0.2) is 59.9 Å². The molecule has 0 spiro atoms. The fraction of sp³-hybridized carbons (Fsp3) is 0.923. The van der Waals surface area contributed by atoms with Crippen LogP contribution in [0.5, 0.6) is 0 Å². The summed E-state index contributed by atoms with van der Waals surface area (Å²) in [4.78, 5) is 13.8.